The second-order valence-electron chi connectivity index (χ2n) is 4.90. The number of Topliss-reactive ketones (excluding diaryl/α,β-unsaturated/α-hetero) is 1. The van der Waals surface area contributed by atoms with Crippen LogP contribution in [0.4, 0.5) is 5.13 Å². The van der Waals surface area contributed by atoms with E-state index in [1.54, 1.807) is 14.0 Å². The van der Waals surface area contributed by atoms with Crippen LogP contribution in [0.1, 0.15) is 46.8 Å². The van der Waals surface area contributed by atoms with E-state index in [1.807, 2.05) is 0 Å². The Bertz CT molecular complexity index is 529. The molecule has 21 heavy (non-hydrogen) atoms. The van der Waals surface area contributed by atoms with Gasteiger partial charge >= 0.3 is 5.97 Å². The maximum absolute atomic E-state index is 11.9. The molecule has 1 aliphatic rings. The first-order valence-electron chi connectivity index (χ1n) is 7.03. The highest BCUT2D eigenvalue weighted by molar-refractivity contribution is 7.17. The molecule has 0 saturated carbocycles. The molecular formula is C14H20N2O4S. The van der Waals surface area contributed by atoms with Gasteiger partial charge in [0.1, 0.15) is 4.88 Å². The number of hydrogen-bond acceptors (Lipinski definition) is 7. The first-order chi connectivity index (χ1) is 10.1. The number of rotatable bonds is 5. The van der Waals surface area contributed by atoms with Crippen molar-refractivity contribution in [1.29, 1.82) is 0 Å². The number of ketones is 1. The number of carbonyl (C=O) groups excluding carboxylic acids is 2. The summed E-state index contributed by atoms with van der Waals surface area (Å²) in [5.74, 6) is -0.701. The molecule has 6 nitrogen and oxygen atoms in total. The van der Waals surface area contributed by atoms with Gasteiger partial charge in [0, 0.05) is 27.1 Å². The van der Waals surface area contributed by atoms with Crippen molar-refractivity contribution in [1.82, 2.24) is 4.98 Å². The monoisotopic (exact) mass is 312 g/mol. The van der Waals surface area contributed by atoms with Crippen LogP contribution in [0.2, 0.25) is 0 Å². The molecule has 0 amide bonds. The van der Waals surface area contributed by atoms with Gasteiger partial charge in [-0.3, -0.25) is 4.79 Å². The largest absolute Gasteiger partial charge is 0.461 e. The predicted molar refractivity (Wildman–Crippen MR) is 80.3 cm³/mol. The summed E-state index contributed by atoms with van der Waals surface area (Å²) in [6.45, 7) is 5.01. The van der Waals surface area contributed by atoms with E-state index < -0.39 is 5.97 Å². The molecule has 1 unspecified atom stereocenters. The van der Waals surface area contributed by atoms with Crippen LogP contribution in [0.25, 0.3) is 0 Å². The molecule has 2 heterocycles. The van der Waals surface area contributed by atoms with E-state index in [1.165, 1.54) is 18.3 Å². The number of methoxy groups -OCH3 is 1. The van der Waals surface area contributed by atoms with E-state index in [2.05, 4.69) is 9.88 Å². The summed E-state index contributed by atoms with van der Waals surface area (Å²) in [6, 6.07) is 0. The lowest BCUT2D eigenvalue weighted by Crippen LogP contribution is -2.39. The van der Waals surface area contributed by atoms with Crippen molar-refractivity contribution in [2.24, 2.45) is 0 Å². The van der Waals surface area contributed by atoms with Crippen molar-refractivity contribution in [3.63, 3.8) is 0 Å². The molecule has 1 saturated heterocycles. The Morgan fingerprint density at radius 3 is 2.86 bits per heavy atom. The van der Waals surface area contributed by atoms with E-state index in [0.29, 0.717) is 10.0 Å². The van der Waals surface area contributed by atoms with E-state index in [0.717, 1.165) is 25.9 Å². The molecule has 1 fully saturated rings. The Hall–Kier alpha value is -1.47. The van der Waals surface area contributed by atoms with Gasteiger partial charge in [-0.1, -0.05) is 11.3 Å². The minimum Gasteiger partial charge on any atom is -0.461 e. The zero-order valence-corrected chi connectivity index (χ0v) is 13.4. The third kappa shape index (κ3) is 3.59. The molecule has 1 aromatic heterocycles. The molecule has 116 valence electrons. The summed E-state index contributed by atoms with van der Waals surface area (Å²) in [4.78, 5) is 30.4. The van der Waals surface area contributed by atoms with Crippen LogP contribution < -0.4 is 4.90 Å². The van der Waals surface area contributed by atoms with Gasteiger partial charge in [-0.2, -0.15) is 0 Å². The number of carbonyl (C=O) groups is 2. The van der Waals surface area contributed by atoms with Gasteiger partial charge < -0.3 is 14.4 Å². The summed E-state index contributed by atoms with van der Waals surface area (Å²) in [6.07, 6.45) is 2.18. The maximum Gasteiger partial charge on any atom is 0.358 e. The van der Waals surface area contributed by atoms with Crippen molar-refractivity contribution < 1.29 is 19.1 Å². The number of piperidine rings is 1. The van der Waals surface area contributed by atoms with E-state index >= 15 is 0 Å². The fourth-order valence-electron chi connectivity index (χ4n) is 2.32. The lowest BCUT2D eigenvalue weighted by molar-refractivity contribution is 0.0517. The van der Waals surface area contributed by atoms with Crippen LogP contribution in [0.5, 0.6) is 0 Å². The molecule has 0 aromatic carbocycles. The molecule has 1 aromatic rings. The Morgan fingerprint density at radius 2 is 2.24 bits per heavy atom. The summed E-state index contributed by atoms with van der Waals surface area (Å²) in [5, 5.41) is 0.685. The van der Waals surface area contributed by atoms with Gasteiger partial charge in [0.2, 0.25) is 0 Å². The Labute approximate surface area is 128 Å². The molecule has 1 aliphatic heterocycles. The van der Waals surface area contributed by atoms with Crippen molar-refractivity contribution in [2.75, 3.05) is 31.7 Å². The number of thiazole rings is 1. The average molecular weight is 312 g/mol. The van der Waals surface area contributed by atoms with Crippen molar-refractivity contribution >= 4 is 28.2 Å². The summed E-state index contributed by atoms with van der Waals surface area (Å²) >= 11 is 1.25. The van der Waals surface area contributed by atoms with Crippen molar-refractivity contribution in [2.45, 2.75) is 32.8 Å². The molecule has 0 aliphatic carbocycles. The van der Waals surface area contributed by atoms with E-state index in [-0.39, 0.29) is 24.2 Å². The molecule has 7 heteroatoms. The lowest BCUT2D eigenvalue weighted by Gasteiger charge is -2.31. The third-order valence-corrected chi connectivity index (χ3v) is 4.60. The van der Waals surface area contributed by atoms with E-state index in [4.69, 9.17) is 9.47 Å². The molecule has 0 radical (unpaired) electrons. The fourth-order valence-corrected chi connectivity index (χ4v) is 3.31. The zero-order chi connectivity index (χ0) is 15.4. The smallest absolute Gasteiger partial charge is 0.358 e. The van der Waals surface area contributed by atoms with Crippen LogP contribution in [0.15, 0.2) is 0 Å². The van der Waals surface area contributed by atoms with Gasteiger partial charge in [-0.05, 0) is 19.8 Å². The van der Waals surface area contributed by atoms with E-state index in [9.17, 15) is 9.59 Å². The number of anilines is 1. The molecule has 0 spiro atoms. The zero-order valence-electron chi connectivity index (χ0n) is 12.5. The van der Waals surface area contributed by atoms with Crippen LogP contribution >= 0.6 is 11.3 Å². The molecule has 1 atom stereocenters. The predicted octanol–water partition coefficient (Wildman–Crippen LogP) is 2.14. The normalized spacial score (nSPS) is 18.6. The molecule has 0 bridgehead atoms. The molecule has 0 N–H and O–H groups in total. The van der Waals surface area contributed by atoms with Gasteiger partial charge in [-0.25, -0.2) is 9.78 Å². The quantitative estimate of drug-likeness (QED) is 0.613. The standard InChI is InChI=1S/C14H20N2O4S/c1-4-20-13(18)11-12(9(2)17)21-14(15-11)16-7-5-6-10(8-16)19-3/h10H,4-8H2,1-3H3. The second-order valence-corrected chi connectivity index (χ2v) is 5.87. The first kappa shape index (κ1) is 15.9. The van der Waals surface area contributed by atoms with Gasteiger partial charge in [-0.15, -0.1) is 0 Å². The van der Waals surface area contributed by atoms with Crippen LogP contribution in [0.3, 0.4) is 0 Å². The van der Waals surface area contributed by atoms with Crippen molar-refractivity contribution in [3.8, 4) is 0 Å². The second kappa shape index (κ2) is 7.00. The highest BCUT2D eigenvalue weighted by Crippen LogP contribution is 2.30. The van der Waals surface area contributed by atoms with Crippen LogP contribution in [-0.4, -0.2) is 49.6 Å². The number of aromatic nitrogens is 1. The minimum absolute atomic E-state index is 0.129. The number of hydrogen-bond donors (Lipinski definition) is 0. The molecule has 2 rings (SSSR count). The third-order valence-electron chi connectivity index (χ3n) is 3.39. The first-order valence-corrected chi connectivity index (χ1v) is 7.85. The number of nitrogens with zero attached hydrogens (tertiary/aromatic N) is 2. The van der Waals surface area contributed by atoms with Crippen molar-refractivity contribution in [3.05, 3.63) is 10.6 Å². The van der Waals surface area contributed by atoms with Gasteiger partial charge in [0.25, 0.3) is 0 Å². The Morgan fingerprint density at radius 1 is 1.48 bits per heavy atom. The summed E-state index contributed by atoms with van der Waals surface area (Å²) in [5.41, 5.74) is 0.129. The fraction of sp³-hybridized carbons (Fsp3) is 0.643. The number of esters is 1. The van der Waals surface area contributed by atoms with Crippen LogP contribution in [-0.2, 0) is 9.47 Å². The topological polar surface area (TPSA) is 68.7 Å². The SMILES string of the molecule is CCOC(=O)c1nc(N2CCCC(OC)C2)sc1C(C)=O. The number of ether oxygens (including phenoxy) is 2. The van der Waals surface area contributed by atoms with Gasteiger partial charge in [0.15, 0.2) is 16.6 Å². The highest BCUT2D eigenvalue weighted by Gasteiger charge is 2.27. The van der Waals surface area contributed by atoms with Gasteiger partial charge in [0.05, 0.1) is 12.7 Å². The average Bonchev–Trinajstić information content (AvgIpc) is 2.93. The Kier molecular flexibility index (Phi) is 5.30. The maximum atomic E-state index is 11.9. The summed E-state index contributed by atoms with van der Waals surface area (Å²) in [7, 11) is 1.70. The minimum atomic E-state index is -0.537. The Balaban J connectivity index is 2.26. The molecular weight excluding hydrogens is 292 g/mol. The summed E-state index contributed by atoms with van der Waals surface area (Å²) < 4.78 is 10.4. The lowest BCUT2D eigenvalue weighted by atomic mass is 10.1. The van der Waals surface area contributed by atoms with Crippen LogP contribution in [0, 0.1) is 0 Å². The highest BCUT2D eigenvalue weighted by atomic mass is 32.1.